The highest BCUT2D eigenvalue weighted by Crippen LogP contribution is 2.65. The number of hydrogen-bond donors (Lipinski definition) is 0. The molecule has 9 heteroatoms. The SMILES string of the molecule is O=C1[C@@H]2[C@H]3C=C[C@@H]([C@@H]4C[C@H]34)[C@H]2C(=O)N1N=Cc1ccc(-c2ccc(Br)cc2[N+](=O)[O-])o1. The fourth-order valence-electron chi connectivity index (χ4n) is 5.60. The normalized spacial score (nSPS) is 32.6. The van der Waals surface area contributed by atoms with Crippen molar-refractivity contribution in [3.05, 3.63) is 62.8 Å². The minimum atomic E-state index is -0.480. The number of nitro groups is 1. The Labute approximate surface area is 184 Å². The van der Waals surface area contributed by atoms with E-state index in [1.807, 2.05) is 0 Å². The zero-order valence-electron chi connectivity index (χ0n) is 16.1. The third-order valence-electron chi connectivity index (χ3n) is 6.99. The Bertz CT molecular complexity index is 1180. The third kappa shape index (κ3) is 2.69. The Kier molecular flexibility index (Phi) is 3.89. The van der Waals surface area contributed by atoms with E-state index < -0.39 is 4.92 Å². The number of allylic oxidation sites excluding steroid dienone is 2. The molecule has 1 saturated heterocycles. The van der Waals surface area contributed by atoms with Gasteiger partial charge in [0.15, 0.2) is 0 Å². The lowest BCUT2D eigenvalue weighted by Crippen LogP contribution is -2.40. The number of benzene rings is 1. The molecule has 4 aliphatic carbocycles. The second-order valence-corrected chi connectivity index (χ2v) is 9.42. The van der Waals surface area contributed by atoms with Crippen molar-refractivity contribution in [2.24, 2.45) is 40.6 Å². The molecule has 1 aromatic heterocycles. The van der Waals surface area contributed by atoms with Gasteiger partial charge >= 0.3 is 0 Å². The number of hydrogen-bond acceptors (Lipinski definition) is 6. The van der Waals surface area contributed by atoms with Gasteiger partial charge in [-0.2, -0.15) is 10.1 Å². The van der Waals surface area contributed by atoms with Gasteiger partial charge in [-0.05, 0) is 54.4 Å². The van der Waals surface area contributed by atoms with Gasteiger partial charge in [-0.3, -0.25) is 19.7 Å². The highest BCUT2D eigenvalue weighted by molar-refractivity contribution is 9.10. The molecular formula is C22H16BrN3O5. The summed E-state index contributed by atoms with van der Waals surface area (Å²) < 4.78 is 6.29. The van der Waals surface area contributed by atoms with Crippen LogP contribution in [0.15, 0.2) is 56.5 Å². The molecule has 6 atom stereocenters. The van der Waals surface area contributed by atoms with Crippen LogP contribution in [0.2, 0.25) is 0 Å². The molecule has 0 spiro atoms. The largest absolute Gasteiger partial charge is 0.455 e. The molecule has 156 valence electrons. The van der Waals surface area contributed by atoms with Crippen molar-refractivity contribution in [3.8, 4) is 11.3 Å². The maximum absolute atomic E-state index is 13.0. The molecule has 7 rings (SSSR count). The van der Waals surface area contributed by atoms with Crippen LogP contribution in [-0.2, 0) is 9.59 Å². The van der Waals surface area contributed by atoms with Crippen LogP contribution in [0.5, 0.6) is 0 Å². The van der Waals surface area contributed by atoms with E-state index in [2.05, 4.69) is 33.2 Å². The lowest BCUT2D eigenvalue weighted by molar-refractivity contribution is -0.384. The molecule has 8 nitrogen and oxygen atoms in total. The van der Waals surface area contributed by atoms with Crippen molar-refractivity contribution in [2.75, 3.05) is 0 Å². The Balaban J connectivity index is 1.26. The lowest BCUT2D eigenvalue weighted by Gasteiger charge is -2.37. The molecular weight excluding hydrogens is 466 g/mol. The van der Waals surface area contributed by atoms with Crippen LogP contribution in [0, 0.1) is 45.6 Å². The zero-order chi connectivity index (χ0) is 21.4. The number of furan rings is 1. The molecule has 0 N–H and O–H groups in total. The van der Waals surface area contributed by atoms with Crippen LogP contribution >= 0.6 is 15.9 Å². The first-order valence-corrected chi connectivity index (χ1v) is 10.9. The number of rotatable bonds is 4. The summed E-state index contributed by atoms with van der Waals surface area (Å²) in [6.07, 6.45) is 6.65. The summed E-state index contributed by atoms with van der Waals surface area (Å²) in [6, 6.07) is 7.89. The second-order valence-electron chi connectivity index (χ2n) is 8.51. The maximum Gasteiger partial charge on any atom is 0.281 e. The number of amides is 2. The predicted molar refractivity (Wildman–Crippen MR) is 113 cm³/mol. The Morgan fingerprint density at radius 2 is 1.77 bits per heavy atom. The van der Waals surface area contributed by atoms with Gasteiger partial charge in [0.2, 0.25) is 0 Å². The summed E-state index contributed by atoms with van der Waals surface area (Å²) in [5.41, 5.74) is 0.233. The molecule has 2 saturated carbocycles. The van der Waals surface area contributed by atoms with Crippen molar-refractivity contribution in [2.45, 2.75) is 6.42 Å². The van der Waals surface area contributed by atoms with Crippen LogP contribution in [0.25, 0.3) is 11.3 Å². The van der Waals surface area contributed by atoms with Crippen molar-refractivity contribution in [3.63, 3.8) is 0 Å². The van der Waals surface area contributed by atoms with E-state index in [9.17, 15) is 19.7 Å². The Morgan fingerprint density at radius 3 is 2.42 bits per heavy atom. The van der Waals surface area contributed by atoms with Crippen LogP contribution in [-0.4, -0.2) is 28.0 Å². The molecule has 2 heterocycles. The Morgan fingerprint density at radius 1 is 1.10 bits per heavy atom. The molecule has 2 amide bonds. The second kappa shape index (κ2) is 6.46. The number of hydrazone groups is 1. The minimum Gasteiger partial charge on any atom is -0.455 e. The van der Waals surface area contributed by atoms with Gasteiger partial charge in [0, 0.05) is 10.5 Å². The van der Waals surface area contributed by atoms with Crippen LogP contribution < -0.4 is 0 Å². The molecule has 1 aliphatic heterocycles. The monoisotopic (exact) mass is 481 g/mol. The lowest BCUT2D eigenvalue weighted by atomic mass is 9.63. The molecule has 3 fully saturated rings. The molecule has 5 aliphatic rings. The topological polar surface area (TPSA) is 106 Å². The number of halogens is 1. The molecule has 0 radical (unpaired) electrons. The smallest absolute Gasteiger partial charge is 0.281 e. The van der Waals surface area contributed by atoms with Gasteiger partial charge in [-0.15, -0.1) is 0 Å². The van der Waals surface area contributed by atoms with Gasteiger partial charge in [-0.1, -0.05) is 28.1 Å². The summed E-state index contributed by atoms with van der Waals surface area (Å²) in [6.45, 7) is 0. The third-order valence-corrected chi connectivity index (χ3v) is 7.48. The standard InChI is InChI=1S/C22H16BrN3O5/c23-10-1-3-14(17(7-10)26(29)30)18-6-2-11(31-18)9-24-25-21(27)19-12-4-5-13(16-8-15(12)16)20(19)22(25)28/h1-7,9,12-13,15-16,19-20H,8H2/t12-,13-,15-,16+,19+,20+/m0/s1. The quantitative estimate of drug-likeness (QED) is 0.215. The highest BCUT2D eigenvalue weighted by Gasteiger charge is 2.67. The predicted octanol–water partition coefficient (Wildman–Crippen LogP) is 4.00. The van der Waals surface area contributed by atoms with E-state index in [-0.39, 0.29) is 41.2 Å². The van der Waals surface area contributed by atoms with Gasteiger partial charge in [0.25, 0.3) is 17.5 Å². The van der Waals surface area contributed by atoms with E-state index >= 15 is 0 Å². The van der Waals surface area contributed by atoms with Crippen molar-refractivity contribution >= 4 is 39.6 Å². The van der Waals surface area contributed by atoms with E-state index in [0.717, 1.165) is 11.4 Å². The van der Waals surface area contributed by atoms with Gasteiger partial charge < -0.3 is 4.42 Å². The average molecular weight is 482 g/mol. The fraction of sp³-hybridized carbons (Fsp3) is 0.318. The summed E-state index contributed by atoms with van der Waals surface area (Å²) in [5, 5.41) is 16.5. The average Bonchev–Trinajstić information content (AvgIpc) is 3.39. The summed E-state index contributed by atoms with van der Waals surface area (Å²) in [4.78, 5) is 36.8. The van der Waals surface area contributed by atoms with Crippen LogP contribution in [0.4, 0.5) is 5.69 Å². The van der Waals surface area contributed by atoms with Crippen LogP contribution in [0.1, 0.15) is 12.2 Å². The molecule has 2 bridgehead atoms. The molecule has 0 unspecified atom stereocenters. The summed E-state index contributed by atoms with van der Waals surface area (Å²) >= 11 is 3.23. The summed E-state index contributed by atoms with van der Waals surface area (Å²) in [7, 11) is 0. The van der Waals surface area contributed by atoms with Crippen molar-refractivity contribution in [1.29, 1.82) is 0 Å². The van der Waals surface area contributed by atoms with Gasteiger partial charge in [-0.25, -0.2) is 0 Å². The number of imide groups is 1. The Hall–Kier alpha value is -3.07. The maximum atomic E-state index is 13.0. The summed E-state index contributed by atoms with van der Waals surface area (Å²) in [5.74, 6) is 0.856. The van der Waals surface area contributed by atoms with E-state index in [1.54, 1.807) is 24.3 Å². The fourth-order valence-corrected chi connectivity index (χ4v) is 5.95. The first-order chi connectivity index (χ1) is 14.9. The first-order valence-electron chi connectivity index (χ1n) is 10.1. The number of nitrogens with zero attached hydrogens (tertiary/aromatic N) is 3. The molecule has 31 heavy (non-hydrogen) atoms. The molecule has 1 aromatic carbocycles. The molecule has 2 aromatic rings. The number of nitro benzene ring substituents is 1. The minimum absolute atomic E-state index is 0.0947. The number of carbonyl (C=O) groups excluding carboxylic acids is 2. The van der Waals surface area contributed by atoms with Crippen molar-refractivity contribution < 1.29 is 18.9 Å². The van der Waals surface area contributed by atoms with Crippen molar-refractivity contribution in [1.82, 2.24) is 5.01 Å². The highest BCUT2D eigenvalue weighted by atomic mass is 79.9. The first kappa shape index (κ1) is 18.7. The number of carbonyl (C=O) groups is 2. The van der Waals surface area contributed by atoms with Gasteiger partial charge in [0.1, 0.15) is 11.5 Å². The van der Waals surface area contributed by atoms with Crippen LogP contribution in [0.3, 0.4) is 0 Å². The van der Waals surface area contributed by atoms with E-state index in [4.69, 9.17) is 4.42 Å². The van der Waals surface area contributed by atoms with E-state index in [0.29, 0.717) is 33.4 Å². The van der Waals surface area contributed by atoms with E-state index in [1.165, 1.54) is 12.3 Å². The van der Waals surface area contributed by atoms with Gasteiger partial charge in [0.05, 0.1) is 28.5 Å². The zero-order valence-corrected chi connectivity index (χ0v) is 17.6.